The number of carbonyl (C=O) groups excluding carboxylic acids is 2. The van der Waals surface area contributed by atoms with Gasteiger partial charge < -0.3 is 9.30 Å². The predicted molar refractivity (Wildman–Crippen MR) is 128 cm³/mol. The van der Waals surface area contributed by atoms with E-state index in [0.717, 1.165) is 22.7 Å². The minimum atomic E-state index is -3.67. The van der Waals surface area contributed by atoms with E-state index in [1.54, 1.807) is 19.1 Å². The summed E-state index contributed by atoms with van der Waals surface area (Å²) >= 11 is 7.97. The Morgan fingerprint density at radius 3 is 2.59 bits per heavy atom. The van der Waals surface area contributed by atoms with Crippen molar-refractivity contribution < 1.29 is 27.1 Å². The van der Waals surface area contributed by atoms with E-state index in [9.17, 15) is 22.4 Å². The van der Waals surface area contributed by atoms with Crippen molar-refractivity contribution in [1.29, 1.82) is 0 Å². The van der Waals surface area contributed by atoms with Crippen LogP contribution in [-0.4, -0.2) is 48.9 Å². The average molecular weight is 546 g/mol. The molecule has 182 valence electrons. The van der Waals surface area contributed by atoms with Gasteiger partial charge in [-0.1, -0.05) is 29.0 Å². The summed E-state index contributed by atoms with van der Waals surface area (Å²) in [5, 5.41) is 0. The smallest absolute Gasteiger partial charge is 0.326 e. The summed E-state index contributed by atoms with van der Waals surface area (Å²) in [6.45, 7) is 1.92. The summed E-state index contributed by atoms with van der Waals surface area (Å²) < 4.78 is 48.9. The van der Waals surface area contributed by atoms with Crippen molar-refractivity contribution >= 4 is 66.4 Å². The summed E-state index contributed by atoms with van der Waals surface area (Å²) in [6, 6.07) is 7.52. The van der Waals surface area contributed by atoms with Crippen molar-refractivity contribution in [3.63, 3.8) is 0 Å². The van der Waals surface area contributed by atoms with Gasteiger partial charge in [0.15, 0.2) is 4.80 Å². The number of nitrogens with zero attached hydrogens (tertiary/aromatic N) is 3. The molecule has 0 aliphatic carbocycles. The molecule has 4 rings (SSSR count). The van der Waals surface area contributed by atoms with Gasteiger partial charge in [-0.3, -0.25) is 9.59 Å². The van der Waals surface area contributed by atoms with Gasteiger partial charge in [-0.15, -0.1) is 11.3 Å². The number of sulfonamides is 1. The Kier molecular flexibility index (Phi) is 7.53. The van der Waals surface area contributed by atoms with E-state index in [4.69, 9.17) is 16.3 Å². The van der Waals surface area contributed by atoms with E-state index in [-0.39, 0.29) is 40.8 Å². The fraction of sp³-hybridized carbons (Fsp3) is 0.381. The van der Waals surface area contributed by atoms with E-state index in [2.05, 4.69) is 4.99 Å². The third-order valence-corrected chi connectivity index (χ3v) is 10.0. The topological polar surface area (TPSA) is 98.0 Å². The monoisotopic (exact) mass is 545 g/mol. The molecule has 1 fully saturated rings. The summed E-state index contributed by atoms with van der Waals surface area (Å²) in [4.78, 5) is 29.5. The third-order valence-electron chi connectivity index (χ3n) is 5.40. The van der Waals surface area contributed by atoms with Crippen LogP contribution >= 0.6 is 34.3 Å². The predicted octanol–water partition coefficient (Wildman–Crippen LogP) is 3.65. The molecule has 0 radical (unpaired) electrons. The van der Waals surface area contributed by atoms with E-state index in [0.29, 0.717) is 21.9 Å². The van der Waals surface area contributed by atoms with Crippen LogP contribution in [0.25, 0.3) is 10.2 Å². The molecular weight excluding hydrogens is 525 g/mol. The first-order valence-electron chi connectivity index (χ1n) is 10.5. The first kappa shape index (κ1) is 25.0. The quantitative estimate of drug-likeness (QED) is 0.440. The highest BCUT2D eigenvalue weighted by molar-refractivity contribution is 7.91. The zero-order chi connectivity index (χ0) is 24.5. The maximum absolute atomic E-state index is 14.5. The highest BCUT2D eigenvalue weighted by Crippen LogP contribution is 2.31. The standard InChI is InChI=1S/C21H21ClFN3O5S3/c1-2-31-17(27)12-26-19-14(23)4-3-5-15(19)32-21(26)24-20(28)13-8-10-25(11-9-13)34(29,30)18-7-6-16(22)33-18/h3-7,13H,2,8-12H2,1H3. The lowest BCUT2D eigenvalue weighted by Gasteiger charge is -2.29. The van der Waals surface area contributed by atoms with Gasteiger partial charge in [0.05, 0.1) is 21.2 Å². The molecule has 0 atom stereocenters. The minimum Gasteiger partial charge on any atom is -0.465 e. The van der Waals surface area contributed by atoms with E-state index < -0.39 is 33.6 Å². The molecule has 8 nitrogen and oxygen atoms in total. The number of esters is 1. The minimum absolute atomic E-state index is 0.166. The Morgan fingerprint density at radius 2 is 1.94 bits per heavy atom. The zero-order valence-electron chi connectivity index (χ0n) is 18.1. The fourth-order valence-electron chi connectivity index (χ4n) is 3.75. The van der Waals surface area contributed by atoms with Gasteiger partial charge in [0.1, 0.15) is 16.6 Å². The molecule has 1 saturated heterocycles. The number of benzene rings is 1. The van der Waals surface area contributed by atoms with Gasteiger partial charge in [-0.05, 0) is 44.0 Å². The van der Waals surface area contributed by atoms with Crippen LogP contribution in [0.4, 0.5) is 4.39 Å². The molecule has 0 bridgehead atoms. The Labute approximate surface area is 208 Å². The summed E-state index contributed by atoms with van der Waals surface area (Å²) in [7, 11) is -3.67. The van der Waals surface area contributed by atoms with Gasteiger partial charge in [0.2, 0.25) is 0 Å². The molecule has 1 amide bonds. The summed E-state index contributed by atoms with van der Waals surface area (Å²) in [5.41, 5.74) is 0.183. The normalized spacial score (nSPS) is 16.3. The lowest BCUT2D eigenvalue weighted by molar-refractivity contribution is -0.143. The number of aromatic nitrogens is 1. The molecule has 3 aromatic rings. The number of hydrogen-bond acceptors (Lipinski definition) is 7. The van der Waals surface area contributed by atoms with Crippen LogP contribution in [0.3, 0.4) is 0 Å². The Morgan fingerprint density at radius 1 is 1.21 bits per heavy atom. The molecule has 1 aliphatic rings. The van der Waals surface area contributed by atoms with Crippen molar-refractivity contribution in [3.05, 3.63) is 45.3 Å². The SMILES string of the molecule is CCOC(=O)Cn1c(=NC(=O)C2CCN(S(=O)(=O)c3ccc(Cl)s3)CC2)sc2cccc(F)c21. The number of hydrogen-bond donors (Lipinski definition) is 0. The Balaban J connectivity index is 1.56. The van der Waals surface area contributed by atoms with Gasteiger partial charge in [-0.25, -0.2) is 12.8 Å². The van der Waals surface area contributed by atoms with Crippen molar-refractivity contribution in [2.24, 2.45) is 10.9 Å². The molecular formula is C21H21ClFN3O5S3. The average Bonchev–Trinajstić information content (AvgIpc) is 3.39. The second kappa shape index (κ2) is 10.2. The van der Waals surface area contributed by atoms with Gasteiger partial charge in [0, 0.05) is 19.0 Å². The molecule has 0 unspecified atom stereocenters. The van der Waals surface area contributed by atoms with E-state index in [1.165, 1.54) is 27.1 Å². The van der Waals surface area contributed by atoms with Gasteiger partial charge in [0.25, 0.3) is 15.9 Å². The number of piperidine rings is 1. The van der Waals surface area contributed by atoms with Crippen molar-refractivity contribution in [2.75, 3.05) is 19.7 Å². The summed E-state index contributed by atoms with van der Waals surface area (Å²) in [5.74, 6) is -2.00. The Hall–Kier alpha value is -2.12. The number of ether oxygens (including phenoxy) is 1. The number of thiazole rings is 1. The lowest BCUT2D eigenvalue weighted by atomic mass is 9.98. The number of amides is 1. The highest BCUT2D eigenvalue weighted by Gasteiger charge is 2.33. The molecule has 34 heavy (non-hydrogen) atoms. The molecule has 0 saturated carbocycles. The highest BCUT2D eigenvalue weighted by atomic mass is 35.5. The summed E-state index contributed by atoms with van der Waals surface area (Å²) in [6.07, 6.45) is 0.607. The molecule has 1 aliphatic heterocycles. The van der Waals surface area contributed by atoms with Crippen LogP contribution in [-0.2, 0) is 30.9 Å². The van der Waals surface area contributed by atoms with E-state index >= 15 is 0 Å². The lowest BCUT2D eigenvalue weighted by Crippen LogP contribution is -2.40. The number of rotatable bonds is 6. The second-order valence-electron chi connectivity index (χ2n) is 7.55. The number of thiophene rings is 1. The number of carbonyl (C=O) groups is 2. The van der Waals surface area contributed by atoms with Crippen LogP contribution in [0.1, 0.15) is 19.8 Å². The number of para-hydroxylation sites is 1. The van der Waals surface area contributed by atoms with Crippen molar-refractivity contribution in [3.8, 4) is 0 Å². The van der Waals surface area contributed by atoms with Crippen LogP contribution < -0.4 is 4.80 Å². The van der Waals surface area contributed by atoms with Crippen LogP contribution in [0.15, 0.2) is 39.5 Å². The zero-order valence-corrected chi connectivity index (χ0v) is 21.3. The molecule has 1 aromatic carbocycles. The van der Waals surface area contributed by atoms with Crippen molar-refractivity contribution in [1.82, 2.24) is 8.87 Å². The van der Waals surface area contributed by atoms with Crippen LogP contribution in [0.5, 0.6) is 0 Å². The van der Waals surface area contributed by atoms with Gasteiger partial charge >= 0.3 is 5.97 Å². The molecule has 13 heteroatoms. The molecule has 0 spiro atoms. The number of fused-ring (bicyclic) bond motifs is 1. The van der Waals surface area contributed by atoms with Crippen molar-refractivity contribution in [2.45, 2.75) is 30.5 Å². The largest absolute Gasteiger partial charge is 0.465 e. The maximum Gasteiger partial charge on any atom is 0.326 e. The maximum atomic E-state index is 14.5. The number of halogens is 2. The first-order valence-corrected chi connectivity index (χ1v) is 13.9. The fourth-order valence-corrected chi connectivity index (χ4v) is 7.90. The van der Waals surface area contributed by atoms with E-state index in [1.807, 2.05) is 0 Å². The molecule has 0 N–H and O–H groups in total. The molecule has 2 aromatic heterocycles. The Bertz CT molecular complexity index is 1400. The molecule has 3 heterocycles. The van der Waals surface area contributed by atoms with Crippen LogP contribution in [0.2, 0.25) is 4.34 Å². The van der Waals surface area contributed by atoms with Crippen LogP contribution in [0, 0.1) is 11.7 Å². The van der Waals surface area contributed by atoms with Gasteiger partial charge in [-0.2, -0.15) is 9.30 Å². The third kappa shape index (κ3) is 5.10. The first-order chi connectivity index (χ1) is 16.2. The second-order valence-corrected chi connectivity index (χ2v) is 12.4.